The van der Waals surface area contributed by atoms with Gasteiger partial charge in [0.2, 0.25) is 0 Å². The predicted molar refractivity (Wildman–Crippen MR) is 69.2 cm³/mol. The van der Waals surface area contributed by atoms with Crippen molar-refractivity contribution in [1.82, 2.24) is 9.97 Å². The smallest absolute Gasteiger partial charge is 0.163 e. The summed E-state index contributed by atoms with van der Waals surface area (Å²) in [6.07, 6.45) is 0. The van der Waals surface area contributed by atoms with E-state index in [2.05, 4.69) is 9.97 Å². The van der Waals surface area contributed by atoms with Crippen molar-refractivity contribution in [3.63, 3.8) is 0 Å². The largest absolute Gasteiger partial charge is 0.493 e. The van der Waals surface area contributed by atoms with Crippen LogP contribution >= 0.6 is 0 Å². The molecular weight excluding hydrogens is 232 g/mol. The lowest BCUT2D eigenvalue weighted by Crippen LogP contribution is -2.21. The minimum absolute atomic E-state index is 0.459. The summed E-state index contributed by atoms with van der Waals surface area (Å²) in [6, 6.07) is 3.72. The highest BCUT2D eigenvalue weighted by Gasteiger charge is 2.24. The van der Waals surface area contributed by atoms with Crippen LogP contribution in [0.4, 0.5) is 0 Å². The number of nitrogens with one attached hydrogen (secondary N) is 1. The maximum Gasteiger partial charge on any atom is 0.163 e. The van der Waals surface area contributed by atoms with Gasteiger partial charge in [-0.2, -0.15) is 0 Å². The second-order valence-electron chi connectivity index (χ2n) is 4.52. The van der Waals surface area contributed by atoms with Crippen molar-refractivity contribution in [1.29, 1.82) is 0 Å². The third-order valence-electron chi connectivity index (χ3n) is 3.07. The summed E-state index contributed by atoms with van der Waals surface area (Å²) in [7, 11) is 4.88. The SMILES string of the molecule is COc1cc2nc(C(C)(C)OC)[nH]c2cc1OC. The number of aromatic amines is 1. The van der Waals surface area contributed by atoms with E-state index in [1.165, 1.54) is 0 Å². The first-order chi connectivity index (χ1) is 8.51. The number of methoxy groups -OCH3 is 3. The maximum atomic E-state index is 5.41. The molecule has 5 nitrogen and oxygen atoms in total. The van der Waals surface area contributed by atoms with Gasteiger partial charge in [0.1, 0.15) is 11.4 Å². The number of nitrogens with zero attached hydrogens (tertiary/aromatic N) is 1. The van der Waals surface area contributed by atoms with Gasteiger partial charge in [-0.15, -0.1) is 0 Å². The molecule has 0 saturated carbocycles. The standard InChI is InChI=1S/C13H18N2O3/c1-13(2,18-5)12-14-8-6-10(16-3)11(17-4)7-9(8)15-12/h6-7H,1-5H3,(H,14,15). The zero-order valence-electron chi connectivity index (χ0n) is 11.3. The summed E-state index contributed by atoms with van der Waals surface area (Å²) in [5, 5.41) is 0. The summed E-state index contributed by atoms with van der Waals surface area (Å²) >= 11 is 0. The first-order valence-corrected chi connectivity index (χ1v) is 5.69. The van der Waals surface area contributed by atoms with E-state index in [0.29, 0.717) is 11.5 Å². The number of H-pyrrole nitrogens is 1. The van der Waals surface area contributed by atoms with E-state index in [9.17, 15) is 0 Å². The van der Waals surface area contributed by atoms with Crippen molar-refractivity contribution >= 4 is 11.0 Å². The van der Waals surface area contributed by atoms with E-state index < -0.39 is 5.60 Å². The molecule has 2 aromatic rings. The van der Waals surface area contributed by atoms with Crippen molar-refractivity contribution in [2.45, 2.75) is 19.4 Å². The second kappa shape index (κ2) is 4.49. The highest BCUT2D eigenvalue weighted by Crippen LogP contribution is 2.32. The van der Waals surface area contributed by atoms with Crippen molar-refractivity contribution < 1.29 is 14.2 Å². The van der Waals surface area contributed by atoms with Crippen LogP contribution in [0, 0.1) is 0 Å². The van der Waals surface area contributed by atoms with Crippen molar-refractivity contribution in [2.75, 3.05) is 21.3 Å². The lowest BCUT2D eigenvalue weighted by molar-refractivity contribution is 0.0124. The third-order valence-corrected chi connectivity index (χ3v) is 3.07. The molecule has 0 bridgehead atoms. The summed E-state index contributed by atoms with van der Waals surface area (Å²) in [6.45, 7) is 3.92. The van der Waals surface area contributed by atoms with Crippen LogP contribution in [0.5, 0.6) is 11.5 Å². The zero-order chi connectivity index (χ0) is 13.3. The molecule has 0 amide bonds. The normalized spacial score (nSPS) is 11.8. The molecule has 0 spiro atoms. The molecular formula is C13H18N2O3. The average molecular weight is 250 g/mol. The van der Waals surface area contributed by atoms with Crippen LogP contribution < -0.4 is 9.47 Å². The number of benzene rings is 1. The van der Waals surface area contributed by atoms with Gasteiger partial charge in [-0.1, -0.05) is 0 Å². The number of imidazole rings is 1. The minimum atomic E-state index is -0.459. The first-order valence-electron chi connectivity index (χ1n) is 5.69. The predicted octanol–water partition coefficient (Wildman–Crippen LogP) is 2.46. The molecule has 1 N–H and O–H groups in total. The fraction of sp³-hybridized carbons (Fsp3) is 0.462. The molecule has 0 radical (unpaired) electrons. The Kier molecular flexibility index (Phi) is 3.17. The fourth-order valence-corrected chi connectivity index (χ4v) is 1.72. The Morgan fingerprint density at radius 1 is 1.06 bits per heavy atom. The summed E-state index contributed by atoms with van der Waals surface area (Å²) in [5.74, 6) is 2.11. The van der Waals surface area contributed by atoms with E-state index in [-0.39, 0.29) is 0 Å². The third kappa shape index (κ3) is 2.01. The van der Waals surface area contributed by atoms with Gasteiger partial charge in [0.25, 0.3) is 0 Å². The zero-order valence-corrected chi connectivity index (χ0v) is 11.3. The molecule has 0 aliphatic carbocycles. The molecule has 0 atom stereocenters. The monoisotopic (exact) mass is 250 g/mol. The molecule has 5 heteroatoms. The second-order valence-corrected chi connectivity index (χ2v) is 4.52. The Morgan fingerprint density at radius 3 is 2.22 bits per heavy atom. The van der Waals surface area contributed by atoms with Crippen LogP contribution in [0.25, 0.3) is 11.0 Å². The minimum Gasteiger partial charge on any atom is -0.493 e. The molecule has 0 saturated heterocycles. The van der Waals surface area contributed by atoms with Gasteiger partial charge in [-0.3, -0.25) is 0 Å². The lowest BCUT2D eigenvalue weighted by atomic mass is 10.1. The topological polar surface area (TPSA) is 56.4 Å². The van der Waals surface area contributed by atoms with Gasteiger partial charge in [0.05, 0.1) is 25.3 Å². The van der Waals surface area contributed by atoms with Crippen LogP contribution in [0.1, 0.15) is 19.7 Å². The van der Waals surface area contributed by atoms with Crippen LogP contribution in [0.3, 0.4) is 0 Å². The molecule has 98 valence electrons. The lowest BCUT2D eigenvalue weighted by Gasteiger charge is -2.19. The van der Waals surface area contributed by atoms with Gasteiger partial charge < -0.3 is 19.2 Å². The Balaban J connectivity index is 2.58. The Labute approximate surface area is 106 Å². The van der Waals surface area contributed by atoms with Gasteiger partial charge in [0, 0.05) is 19.2 Å². The van der Waals surface area contributed by atoms with Crippen LogP contribution in [0.15, 0.2) is 12.1 Å². The number of hydrogen-bond acceptors (Lipinski definition) is 4. The molecule has 1 aromatic heterocycles. The molecule has 0 aliphatic heterocycles. The molecule has 2 rings (SSSR count). The van der Waals surface area contributed by atoms with E-state index in [0.717, 1.165) is 16.9 Å². The Morgan fingerprint density at radius 2 is 1.67 bits per heavy atom. The molecule has 0 fully saturated rings. The molecule has 18 heavy (non-hydrogen) atoms. The summed E-state index contributed by atoms with van der Waals surface area (Å²) in [5.41, 5.74) is 1.26. The highest BCUT2D eigenvalue weighted by atomic mass is 16.5. The first kappa shape index (κ1) is 12.7. The average Bonchev–Trinajstić information content (AvgIpc) is 2.80. The number of rotatable bonds is 4. The number of hydrogen-bond donors (Lipinski definition) is 1. The van der Waals surface area contributed by atoms with Gasteiger partial charge in [0.15, 0.2) is 11.5 Å². The highest BCUT2D eigenvalue weighted by molar-refractivity contribution is 5.80. The maximum absolute atomic E-state index is 5.41. The molecule has 1 heterocycles. The summed E-state index contributed by atoms with van der Waals surface area (Å²) in [4.78, 5) is 7.76. The van der Waals surface area contributed by atoms with Crippen LogP contribution in [-0.2, 0) is 10.3 Å². The Bertz CT molecular complexity index is 520. The molecule has 0 aliphatic rings. The van der Waals surface area contributed by atoms with Crippen molar-refractivity contribution in [3.8, 4) is 11.5 Å². The van der Waals surface area contributed by atoms with E-state index >= 15 is 0 Å². The van der Waals surface area contributed by atoms with Gasteiger partial charge in [-0.05, 0) is 13.8 Å². The summed E-state index contributed by atoms with van der Waals surface area (Å²) < 4.78 is 15.9. The van der Waals surface area contributed by atoms with Crippen LogP contribution in [-0.4, -0.2) is 31.3 Å². The number of fused-ring (bicyclic) bond motifs is 1. The van der Waals surface area contributed by atoms with Gasteiger partial charge in [-0.25, -0.2) is 4.98 Å². The Hall–Kier alpha value is -1.75. The number of ether oxygens (including phenoxy) is 3. The molecule has 1 aromatic carbocycles. The fourth-order valence-electron chi connectivity index (χ4n) is 1.72. The van der Waals surface area contributed by atoms with E-state index in [4.69, 9.17) is 14.2 Å². The van der Waals surface area contributed by atoms with Crippen molar-refractivity contribution in [2.24, 2.45) is 0 Å². The van der Waals surface area contributed by atoms with E-state index in [1.807, 2.05) is 26.0 Å². The van der Waals surface area contributed by atoms with Crippen molar-refractivity contribution in [3.05, 3.63) is 18.0 Å². The quantitative estimate of drug-likeness (QED) is 0.905. The van der Waals surface area contributed by atoms with Crippen LogP contribution in [0.2, 0.25) is 0 Å². The number of aromatic nitrogens is 2. The molecule has 0 unspecified atom stereocenters. The van der Waals surface area contributed by atoms with Gasteiger partial charge >= 0.3 is 0 Å². The van der Waals surface area contributed by atoms with E-state index in [1.54, 1.807) is 21.3 Å².